The summed E-state index contributed by atoms with van der Waals surface area (Å²) in [7, 11) is -3.58. The second-order valence-electron chi connectivity index (χ2n) is 5.89. The van der Waals surface area contributed by atoms with Crippen LogP contribution >= 0.6 is 0 Å². The molecule has 0 N–H and O–H groups in total. The van der Waals surface area contributed by atoms with Crippen molar-refractivity contribution < 1.29 is 17.9 Å². The van der Waals surface area contributed by atoms with Gasteiger partial charge in [0.25, 0.3) is 0 Å². The fourth-order valence-corrected chi connectivity index (χ4v) is 4.52. The molecule has 0 aliphatic carbocycles. The summed E-state index contributed by atoms with van der Waals surface area (Å²) in [5, 5.41) is 0. The monoisotopic (exact) mass is 307 g/mol. The molecule has 0 unspecified atom stereocenters. The molecule has 2 aliphatic heterocycles. The third-order valence-electron chi connectivity index (χ3n) is 4.28. The van der Waals surface area contributed by atoms with Crippen LogP contribution in [0, 0.1) is 12.8 Å². The first-order valence-corrected chi connectivity index (χ1v) is 8.17. The lowest BCUT2D eigenvalue weighted by Crippen LogP contribution is -2.36. The Morgan fingerprint density at radius 2 is 1.95 bits per heavy atom. The molecule has 6 heteroatoms. The van der Waals surface area contributed by atoms with Gasteiger partial charge >= 0.3 is 5.97 Å². The molecule has 0 aromatic heterocycles. The first kappa shape index (κ1) is 14.3. The standard InChI is InChI=1S/C15H17NO4S/c1-10-4-6-12(7-5-10)21(18,19)16-8-13-11(2)14(17)20-15(13,3)9-16/h4-7,13H,2,8-9H2,1,3H3/t13-,15-/m1/s1. The predicted molar refractivity (Wildman–Crippen MR) is 77.1 cm³/mol. The average molecular weight is 307 g/mol. The Morgan fingerprint density at radius 3 is 2.52 bits per heavy atom. The van der Waals surface area contributed by atoms with E-state index in [1.165, 1.54) is 4.31 Å². The molecule has 2 fully saturated rings. The summed E-state index contributed by atoms with van der Waals surface area (Å²) in [6.07, 6.45) is 0. The molecule has 0 bridgehead atoms. The molecule has 0 radical (unpaired) electrons. The predicted octanol–water partition coefficient (Wildman–Crippen LogP) is 1.49. The molecule has 1 aromatic carbocycles. The lowest BCUT2D eigenvalue weighted by atomic mass is 9.90. The smallest absolute Gasteiger partial charge is 0.334 e. The normalized spacial score (nSPS) is 29.5. The highest BCUT2D eigenvalue weighted by Crippen LogP contribution is 2.43. The molecule has 5 nitrogen and oxygen atoms in total. The van der Waals surface area contributed by atoms with Crippen LogP contribution in [0.4, 0.5) is 0 Å². The number of rotatable bonds is 2. The van der Waals surface area contributed by atoms with Crippen molar-refractivity contribution in [2.45, 2.75) is 24.3 Å². The van der Waals surface area contributed by atoms with Gasteiger partial charge in [-0.2, -0.15) is 4.31 Å². The third-order valence-corrected chi connectivity index (χ3v) is 6.11. The van der Waals surface area contributed by atoms with Gasteiger partial charge in [-0.25, -0.2) is 13.2 Å². The minimum absolute atomic E-state index is 0.165. The number of sulfonamides is 1. The summed E-state index contributed by atoms with van der Waals surface area (Å²) in [5.41, 5.74) is 0.562. The Hall–Kier alpha value is -1.66. The largest absolute Gasteiger partial charge is 0.454 e. The lowest BCUT2D eigenvalue weighted by molar-refractivity contribution is -0.145. The van der Waals surface area contributed by atoms with E-state index in [2.05, 4.69) is 6.58 Å². The first-order chi connectivity index (χ1) is 9.74. The number of hydrogen-bond donors (Lipinski definition) is 0. The van der Waals surface area contributed by atoms with Gasteiger partial charge in [-0.15, -0.1) is 0 Å². The van der Waals surface area contributed by atoms with E-state index in [-0.39, 0.29) is 23.9 Å². The van der Waals surface area contributed by atoms with Crippen molar-refractivity contribution in [2.24, 2.45) is 5.92 Å². The number of esters is 1. The summed E-state index contributed by atoms with van der Waals surface area (Å²) in [4.78, 5) is 11.8. The van der Waals surface area contributed by atoms with Crippen LogP contribution in [0.15, 0.2) is 41.3 Å². The topological polar surface area (TPSA) is 63.7 Å². The van der Waals surface area contributed by atoms with Crippen LogP contribution < -0.4 is 0 Å². The second kappa shape index (κ2) is 4.42. The van der Waals surface area contributed by atoms with Crippen LogP contribution in [0.1, 0.15) is 12.5 Å². The number of fused-ring (bicyclic) bond motifs is 1. The summed E-state index contributed by atoms with van der Waals surface area (Å²) >= 11 is 0. The molecule has 2 aliphatic rings. The van der Waals surface area contributed by atoms with Gasteiger partial charge in [0.1, 0.15) is 5.60 Å². The minimum Gasteiger partial charge on any atom is -0.454 e. The molecular weight excluding hydrogens is 290 g/mol. The van der Waals surface area contributed by atoms with Crippen LogP contribution in [0.25, 0.3) is 0 Å². The zero-order valence-electron chi connectivity index (χ0n) is 12.0. The van der Waals surface area contributed by atoms with Crippen LogP contribution in [-0.2, 0) is 19.6 Å². The Morgan fingerprint density at radius 1 is 1.33 bits per heavy atom. The van der Waals surface area contributed by atoms with E-state index in [4.69, 9.17) is 4.74 Å². The van der Waals surface area contributed by atoms with Gasteiger partial charge in [-0.1, -0.05) is 24.3 Å². The number of hydrogen-bond acceptors (Lipinski definition) is 4. The molecule has 0 spiro atoms. The molecule has 2 saturated heterocycles. The maximum absolute atomic E-state index is 12.7. The molecule has 0 amide bonds. The fraction of sp³-hybridized carbons (Fsp3) is 0.400. The van der Waals surface area contributed by atoms with Gasteiger partial charge in [0.2, 0.25) is 10.0 Å². The molecular formula is C15H17NO4S. The van der Waals surface area contributed by atoms with Gasteiger partial charge in [-0.3, -0.25) is 0 Å². The van der Waals surface area contributed by atoms with Crippen molar-refractivity contribution in [1.82, 2.24) is 4.31 Å². The number of aryl methyl sites for hydroxylation is 1. The van der Waals surface area contributed by atoms with Crippen molar-refractivity contribution in [3.8, 4) is 0 Å². The highest BCUT2D eigenvalue weighted by molar-refractivity contribution is 7.89. The number of carbonyl (C=O) groups excluding carboxylic acids is 1. The van der Waals surface area contributed by atoms with Gasteiger partial charge in [0, 0.05) is 18.0 Å². The van der Waals surface area contributed by atoms with Crippen molar-refractivity contribution >= 4 is 16.0 Å². The second-order valence-corrected chi connectivity index (χ2v) is 7.83. The highest BCUT2D eigenvalue weighted by atomic mass is 32.2. The van der Waals surface area contributed by atoms with E-state index in [1.807, 2.05) is 6.92 Å². The zero-order valence-corrected chi connectivity index (χ0v) is 12.8. The zero-order chi connectivity index (χ0) is 15.4. The molecule has 2 atom stereocenters. The molecule has 2 heterocycles. The molecule has 3 rings (SSSR count). The Bertz CT molecular complexity index is 723. The molecule has 1 aromatic rings. The van der Waals surface area contributed by atoms with Crippen molar-refractivity contribution in [3.63, 3.8) is 0 Å². The molecule has 21 heavy (non-hydrogen) atoms. The highest BCUT2D eigenvalue weighted by Gasteiger charge is 2.56. The van der Waals surface area contributed by atoms with Gasteiger partial charge in [0.05, 0.1) is 11.4 Å². The Kier molecular flexibility index (Phi) is 3.00. The van der Waals surface area contributed by atoms with E-state index in [0.29, 0.717) is 5.57 Å². The van der Waals surface area contributed by atoms with Crippen LogP contribution in [0.2, 0.25) is 0 Å². The van der Waals surface area contributed by atoms with Crippen molar-refractivity contribution in [3.05, 3.63) is 42.0 Å². The number of nitrogens with zero attached hydrogens (tertiary/aromatic N) is 1. The van der Waals surface area contributed by atoms with E-state index in [9.17, 15) is 13.2 Å². The average Bonchev–Trinajstić information content (AvgIpc) is 2.85. The van der Waals surface area contributed by atoms with Gasteiger partial charge < -0.3 is 4.74 Å². The van der Waals surface area contributed by atoms with Crippen molar-refractivity contribution in [2.75, 3.05) is 13.1 Å². The minimum atomic E-state index is -3.58. The fourth-order valence-electron chi connectivity index (χ4n) is 2.97. The van der Waals surface area contributed by atoms with Crippen LogP contribution in [0.5, 0.6) is 0 Å². The number of carbonyl (C=O) groups is 1. The van der Waals surface area contributed by atoms with E-state index >= 15 is 0 Å². The SMILES string of the molecule is C=C1C(=O)O[C@]2(C)CN(S(=O)(=O)c3ccc(C)cc3)C[C@H]12. The summed E-state index contributed by atoms with van der Waals surface area (Å²) in [6.45, 7) is 7.79. The molecule has 112 valence electrons. The summed E-state index contributed by atoms with van der Waals surface area (Å²) in [5.74, 6) is -0.694. The van der Waals surface area contributed by atoms with E-state index in [0.717, 1.165) is 5.56 Å². The first-order valence-electron chi connectivity index (χ1n) is 6.73. The lowest BCUT2D eigenvalue weighted by Gasteiger charge is -2.22. The van der Waals surface area contributed by atoms with Crippen LogP contribution in [0.3, 0.4) is 0 Å². The number of benzene rings is 1. The van der Waals surface area contributed by atoms with Gasteiger partial charge in [0.15, 0.2) is 0 Å². The van der Waals surface area contributed by atoms with Gasteiger partial charge in [-0.05, 0) is 26.0 Å². The number of ether oxygens (including phenoxy) is 1. The quantitative estimate of drug-likeness (QED) is 0.613. The van der Waals surface area contributed by atoms with Crippen LogP contribution in [-0.4, -0.2) is 37.4 Å². The summed E-state index contributed by atoms with van der Waals surface area (Å²) < 4.78 is 32.0. The Labute approximate surface area is 124 Å². The maximum atomic E-state index is 12.7. The maximum Gasteiger partial charge on any atom is 0.334 e. The van der Waals surface area contributed by atoms with E-state index in [1.54, 1.807) is 31.2 Å². The summed E-state index contributed by atoms with van der Waals surface area (Å²) in [6, 6.07) is 6.73. The van der Waals surface area contributed by atoms with Crippen molar-refractivity contribution in [1.29, 1.82) is 0 Å². The third kappa shape index (κ3) is 2.10. The van der Waals surface area contributed by atoms with E-state index < -0.39 is 21.6 Å². The Balaban J connectivity index is 1.92. The molecule has 0 saturated carbocycles.